The van der Waals surface area contributed by atoms with Gasteiger partial charge in [-0.25, -0.2) is 4.79 Å². The first-order chi connectivity index (χ1) is 9.56. The van der Waals surface area contributed by atoms with Crippen LogP contribution in [0.1, 0.15) is 22.8 Å². The van der Waals surface area contributed by atoms with Crippen LogP contribution in [0.5, 0.6) is 0 Å². The van der Waals surface area contributed by atoms with Gasteiger partial charge in [0.05, 0.1) is 6.54 Å². The minimum atomic E-state index is -0.342. The van der Waals surface area contributed by atoms with Crippen molar-refractivity contribution in [2.24, 2.45) is 0 Å². The summed E-state index contributed by atoms with van der Waals surface area (Å²) in [5.74, 6) is -0.0388. The van der Waals surface area contributed by atoms with E-state index in [0.29, 0.717) is 17.8 Å². The van der Waals surface area contributed by atoms with Crippen LogP contribution in [-0.4, -0.2) is 24.6 Å². The zero-order valence-electron chi connectivity index (χ0n) is 11.4. The van der Waals surface area contributed by atoms with Crippen molar-refractivity contribution in [1.82, 2.24) is 10.6 Å². The molecule has 3 N–H and O–H groups in total. The third-order valence-corrected chi connectivity index (χ3v) is 2.93. The van der Waals surface area contributed by atoms with Crippen LogP contribution in [0.25, 0.3) is 0 Å². The molecule has 0 saturated carbocycles. The van der Waals surface area contributed by atoms with Gasteiger partial charge < -0.3 is 20.7 Å². The van der Waals surface area contributed by atoms with E-state index in [4.69, 9.17) is 4.74 Å². The van der Waals surface area contributed by atoms with Crippen molar-refractivity contribution in [3.8, 4) is 0 Å². The number of ether oxygens (including phenoxy) is 1. The van der Waals surface area contributed by atoms with E-state index < -0.39 is 0 Å². The second-order valence-electron chi connectivity index (χ2n) is 4.52. The number of Topliss-reactive ketones (excluding diaryl/α,β-unsaturated/α-hetero) is 1. The number of ketones is 1. The predicted molar refractivity (Wildman–Crippen MR) is 75.4 cm³/mol. The Hall–Kier alpha value is -2.50. The Morgan fingerprint density at radius 1 is 1.40 bits per heavy atom. The molecule has 6 nitrogen and oxygen atoms in total. The van der Waals surface area contributed by atoms with E-state index in [-0.39, 0.29) is 18.0 Å². The van der Waals surface area contributed by atoms with E-state index in [1.165, 1.54) is 13.2 Å². The lowest BCUT2D eigenvalue weighted by Gasteiger charge is -2.14. The highest BCUT2D eigenvalue weighted by molar-refractivity contribution is 5.97. The van der Waals surface area contributed by atoms with Crippen molar-refractivity contribution in [2.45, 2.75) is 20.1 Å². The molecule has 0 bridgehead atoms. The summed E-state index contributed by atoms with van der Waals surface area (Å²) in [7, 11) is 0. The van der Waals surface area contributed by atoms with Crippen LogP contribution in [-0.2, 0) is 4.74 Å². The second-order valence-corrected chi connectivity index (χ2v) is 4.52. The van der Waals surface area contributed by atoms with Crippen molar-refractivity contribution in [3.63, 3.8) is 0 Å². The van der Waals surface area contributed by atoms with Gasteiger partial charge in [-0.2, -0.15) is 0 Å². The van der Waals surface area contributed by atoms with Crippen LogP contribution < -0.4 is 16.0 Å². The molecule has 0 saturated heterocycles. The Morgan fingerprint density at radius 2 is 2.20 bits per heavy atom. The molecule has 1 atom stereocenters. The molecule has 1 aliphatic rings. The molecule has 0 spiro atoms. The lowest BCUT2D eigenvalue weighted by molar-refractivity contribution is 0.101. The van der Waals surface area contributed by atoms with Gasteiger partial charge in [0.25, 0.3) is 0 Å². The van der Waals surface area contributed by atoms with Crippen LogP contribution in [0.3, 0.4) is 0 Å². The summed E-state index contributed by atoms with van der Waals surface area (Å²) >= 11 is 0. The average molecular weight is 275 g/mol. The molecule has 1 unspecified atom stereocenters. The fourth-order valence-corrected chi connectivity index (χ4v) is 1.75. The lowest BCUT2D eigenvalue weighted by Crippen LogP contribution is -2.39. The Kier molecular flexibility index (Phi) is 4.24. The van der Waals surface area contributed by atoms with Gasteiger partial charge in [-0.05, 0) is 25.5 Å². The van der Waals surface area contributed by atoms with Crippen LogP contribution >= 0.6 is 0 Å². The Bertz CT molecular complexity index is 547. The molecule has 2 rings (SSSR count). The maximum Gasteiger partial charge on any atom is 0.319 e. The molecule has 0 aliphatic carbocycles. The van der Waals surface area contributed by atoms with E-state index in [2.05, 4.69) is 16.0 Å². The molecular formula is C14H17N3O3. The number of benzene rings is 1. The molecule has 1 aromatic carbocycles. The minimum absolute atomic E-state index is 0.0388. The summed E-state index contributed by atoms with van der Waals surface area (Å²) < 4.78 is 5.15. The number of urea groups is 1. The molecule has 20 heavy (non-hydrogen) atoms. The van der Waals surface area contributed by atoms with Gasteiger partial charge in [0.1, 0.15) is 6.26 Å². The molecule has 2 amide bonds. The fraction of sp³-hybridized carbons (Fsp3) is 0.286. The zero-order valence-corrected chi connectivity index (χ0v) is 11.4. The fourth-order valence-electron chi connectivity index (χ4n) is 1.75. The molecule has 6 heteroatoms. The van der Waals surface area contributed by atoms with E-state index >= 15 is 0 Å². The topological polar surface area (TPSA) is 79.5 Å². The van der Waals surface area contributed by atoms with Crippen molar-refractivity contribution in [2.75, 3.05) is 11.9 Å². The summed E-state index contributed by atoms with van der Waals surface area (Å²) in [6.45, 7) is 3.69. The minimum Gasteiger partial charge on any atom is -0.475 e. The van der Waals surface area contributed by atoms with E-state index in [9.17, 15) is 9.59 Å². The molecule has 1 aromatic rings. The van der Waals surface area contributed by atoms with Crippen molar-refractivity contribution in [1.29, 1.82) is 0 Å². The SMILES string of the molecule is CC(=O)c1ccc(C)c(NC(=O)NCC2NC=CO2)c1. The first-order valence-corrected chi connectivity index (χ1v) is 6.29. The third kappa shape index (κ3) is 3.50. The number of anilines is 1. The van der Waals surface area contributed by atoms with Crippen LogP contribution in [0.4, 0.5) is 10.5 Å². The normalized spacial score (nSPS) is 16.2. The van der Waals surface area contributed by atoms with Gasteiger partial charge in [0.2, 0.25) is 0 Å². The number of amides is 2. The molecule has 1 aliphatic heterocycles. The number of carbonyl (C=O) groups is 2. The van der Waals surface area contributed by atoms with E-state index in [1.54, 1.807) is 24.4 Å². The summed E-state index contributed by atoms with van der Waals surface area (Å²) in [5.41, 5.74) is 2.08. The number of hydrogen-bond acceptors (Lipinski definition) is 4. The quantitative estimate of drug-likeness (QED) is 0.731. The zero-order chi connectivity index (χ0) is 14.5. The summed E-state index contributed by atoms with van der Waals surface area (Å²) in [4.78, 5) is 23.1. The molecule has 0 radical (unpaired) electrons. The molecular weight excluding hydrogens is 258 g/mol. The molecule has 0 fully saturated rings. The Morgan fingerprint density at radius 3 is 2.85 bits per heavy atom. The average Bonchev–Trinajstić information content (AvgIpc) is 2.92. The highest BCUT2D eigenvalue weighted by Gasteiger charge is 2.12. The molecule has 106 valence electrons. The Labute approximate surface area is 117 Å². The van der Waals surface area contributed by atoms with E-state index in [0.717, 1.165) is 5.56 Å². The summed E-state index contributed by atoms with van der Waals surface area (Å²) in [5, 5.41) is 8.33. The highest BCUT2D eigenvalue weighted by Crippen LogP contribution is 2.17. The van der Waals surface area contributed by atoms with Gasteiger partial charge in [-0.3, -0.25) is 4.79 Å². The number of aryl methyl sites for hydroxylation is 1. The second kappa shape index (κ2) is 6.10. The predicted octanol–water partition coefficient (Wildman–Crippen LogP) is 1.74. The van der Waals surface area contributed by atoms with Gasteiger partial charge in [0.15, 0.2) is 12.0 Å². The smallest absolute Gasteiger partial charge is 0.319 e. The maximum atomic E-state index is 11.8. The van der Waals surface area contributed by atoms with Crippen LogP contribution in [0, 0.1) is 6.92 Å². The standard InChI is InChI=1S/C14H17N3O3/c1-9-3-4-11(10(2)18)7-12(9)17-14(19)16-8-13-15-5-6-20-13/h3-7,13,15H,8H2,1-2H3,(H2,16,17,19). The number of hydrogen-bond donors (Lipinski definition) is 3. The van der Waals surface area contributed by atoms with Crippen LogP contribution in [0.15, 0.2) is 30.7 Å². The lowest BCUT2D eigenvalue weighted by atomic mass is 10.1. The summed E-state index contributed by atoms with van der Waals surface area (Å²) in [6, 6.07) is 4.87. The third-order valence-electron chi connectivity index (χ3n) is 2.93. The first-order valence-electron chi connectivity index (χ1n) is 6.29. The largest absolute Gasteiger partial charge is 0.475 e. The van der Waals surface area contributed by atoms with Gasteiger partial charge >= 0.3 is 6.03 Å². The molecule has 1 heterocycles. The molecule has 0 aromatic heterocycles. The van der Waals surface area contributed by atoms with Crippen LogP contribution in [0.2, 0.25) is 0 Å². The van der Waals surface area contributed by atoms with Gasteiger partial charge in [0, 0.05) is 17.5 Å². The van der Waals surface area contributed by atoms with Gasteiger partial charge in [-0.1, -0.05) is 12.1 Å². The van der Waals surface area contributed by atoms with Gasteiger partial charge in [-0.15, -0.1) is 0 Å². The first kappa shape index (κ1) is 13.9. The highest BCUT2D eigenvalue weighted by atomic mass is 16.5. The maximum absolute atomic E-state index is 11.8. The monoisotopic (exact) mass is 275 g/mol. The van der Waals surface area contributed by atoms with Crippen molar-refractivity contribution < 1.29 is 14.3 Å². The number of nitrogens with one attached hydrogen (secondary N) is 3. The number of carbonyl (C=O) groups excluding carboxylic acids is 2. The number of rotatable bonds is 4. The van der Waals surface area contributed by atoms with E-state index in [1.807, 2.05) is 6.92 Å². The Balaban J connectivity index is 1.92. The van der Waals surface area contributed by atoms with Crippen molar-refractivity contribution in [3.05, 3.63) is 41.8 Å². The van der Waals surface area contributed by atoms with Crippen molar-refractivity contribution >= 4 is 17.5 Å². The summed E-state index contributed by atoms with van der Waals surface area (Å²) in [6.07, 6.45) is 2.96.